The SMILES string of the molecule is C=CCn1c(SC(C)C(=O)N(C)Cc2ccccc2)nnc1-c1ccncc1. The van der Waals surface area contributed by atoms with E-state index in [4.69, 9.17) is 0 Å². The summed E-state index contributed by atoms with van der Waals surface area (Å²) in [4.78, 5) is 18.6. The highest BCUT2D eigenvalue weighted by atomic mass is 32.2. The smallest absolute Gasteiger partial charge is 0.235 e. The number of carbonyl (C=O) groups is 1. The predicted molar refractivity (Wildman–Crippen MR) is 112 cm³/mol. The van der Waals surface area contributed by atoms with E-state index in [-0.39, 0.29) is 11.2 Å². The Labute approximate surface area is 169 Å². The van der Waals surface area contributed by atoms with Crippen LogP contribution in [-0.4, -0.2) is 42.9 Å². The van der Waals surface area contributed by atoms with Gasteiger partial charge in [0.2, 0.25) is 5.91 Å². The average Bonchev–Trinajstić information content (AvgIpc) is 3.11. The van der Waals surface area contributed by atoms with Crippen molar-refractivity contribution in [2.45, 2.75) is 30.4 Å². The van der Waals surface area contributed by atoms with Gasteiger partial charge in [-0.05, 0) is 24.6 Å². The molecular weight excluding hydrogens is 370 g/mol. The Hall–Kier alpha value is -2.93. The van der Waals surface area contributed by atoms with E-state index >= 15 is 0 Å². The minimum Gasteiger partial charge on any atom is -0.340 e. The standard InChI is InChI=1S/C21H23N5OS/c1-4-14-26-19(18-10-12-22-13-11-18)23-24-21(26)28-16(2)20(27)25(3)15-17-8-6-5-7-9-17/h4-13,16H,1,14-15H2,2-3H3. The lowest BCUT2D eigenvalue weighted by Crippen LogP contribution is -2.33. The maximum atomic E-state index is 12.8. The molecule has 0 aliphatic heterocycles. The highest BCUT2D eigenvalue weighted by Gasteiger charge is 2.23. The molecule has 28 heavy (non-hydrogen) atoms. The zero-order valence-corrected chi connectivity index (χ0v) is 16.8. The van der Waals surface area contributed by atoms with E-state index in [1.54, 1.807) is 23.4 Å². The summed E-state index contributed by atoms with van der Waals surface area (Å²) < 4.78 is 1.97. The van der Waals surface area contributed by atoms with Gasteiger partial charge in [0.05, 0.1) is 5.25 Å². The van der Waals surface area contributed by atoms with E-state index < -0.39 is 0 Å². The number of amides is 1. The van der Waals surface area contributed by atoms with Crippen LogP contribution in [-0.2, 0) is 17.9 Å². The molecule has 0 N–H and O–H groups in total. The summed E-state index contributed by atoms with van der Waals surface area (Å²) in [6.07, 6.45) is 5.24. The molecule has 1 aromatic carbocycles. The number of hydrogen-bond donors (Lipinski definition) is 0. The number of aromatic nitrogens is 4. The Morgan fingerprint density at radius 3 is 2.61 bits per heavy atom. The van der Waals surface area contributed by atoms with Gasteiger partial charge < -0.3 is 4.90 Å². The van der Waals surface area contributed by atoms with Crippen LogP contribution in [0.15, 0.2) is 72.7 Å². The molecule has 0 radical (unpaired) electrons. The number of thioether (sulfide) groups is 1. The van der Waals surface area contributed by atoms with Gasteiger partial charge in [0.1, 0.15) is 0 Å². The molecule has 0 fully saturated rings. The molecule has 1 unspecified atom stereocenters. The minimum atomic E-state index is -0.285. The first-order valence-electron chi connectivity index (χ1n) is 9.00. The van der Waals surface area contributed by atoms with Crippen molar-refractivity contribution in [2.75, 3.05) is 7.05 Å². The maximum Gasteiger partial charge on any atom is 0.235 e. The first-order valence-corrected chi connectivity index (χ1v) is 9.88. The van der Waals surface area contributed by atoms with Crippen molar-refractivity contribution in [1.29, 1.82) is 0 Å². The summed E-state index contributed by atoms with van der Waals surface area (Å²) in [6.45, 7) is 6.86. The van der Waals surface area contributed by atoms with Crippen molar-refractivity contribution in [3.63, 3.8) is 0 Å². The molecule has 1 atom stereocenters. The molecule has 0 saturated carbocycles. The van der Waals surface area contributed by atoms with Gasteiger partial charge in [0, 0.05) is 38.1 Å². The molecule has 2 aromatic heterocycles. The molecule has 0 aliphatic carbocycles. The van der Waals surface area contributed by atoms with Gasteiger partial charge in [-0.15, -0.1) is 16.8 Å². The van der Waals surface area contributed by atoms with E-state index in [1.165, 1.54) is 11.8 Å². The van der Waals surface area contributed by atoms with E-state index in [0.717, 1.165) is 17.0 Å². The molecule has 0 bridgehead atoms. The number of benzene rings is 1. The topological polar surface area (TPSA) is 63.9 Å². The van der Waals surface area contributed by atoms with Crippen LogP contribution in [0.2, 0.25) is 0 Å². The van der Waals surface area contributed by atoms with Gasteiger partial charge in [0.15, 0.2) is 11.0 Å². The third-order valence-electron chi connectivity index (χ3n) is 4.24. The maximum absolute atomic E-state index is 12.8. The summed E-state index contributed by atoms with van der Waals surface area (Å²) in [5.41, 5.74) is 2.03. The molecule has 3 aromatic rings. The molecule has 0 saturated heterocycles. The number of carbonyl (C=O) groups excluding carboxylic acids is 1. The second-order valence-corrected chi connectivity index (χ2v) is 7.69. The number of pyridine rings is 1. The number of rotatable bonds is 8. The van der Waals surface area contributed by atoms with E-state index in [9.17, 15) is 4.79 Å². The second-order valence-electron chi connectivity index (χ2n) is 6.38. The van der Waals surface area contributed by atoms with Crippen molar-refractivity contribution in [3.05, 3.63) is 73.1 Å². The molecule has 2 heterocycles. The lowest BCUT2D eigenvalue weighted by atomic mass is 10.2. The zero-order valence-electron chi connectivity index (χ0n) is 16.0. The van der Waals surface area contributed by atoms with Crippen LogP contribution in [0.5, 0.6) is 0 Å². The highest BCUT2D eigenvalue weighted by molar-refractivity contribution is 8.00. The first kappa shape index (κ1) is 19.8. The molecule has 7 heteroatoms. The van der Waals surface area contributed by atoms with Crippen molar-refractivity contribution in [1.82, 2.24) is 24.6 Å². The van der Waals surface area contributed by atoms with Crippen molar-refractivity contribution in [3.8, 4) is 11.4 Å². The largest absolute Gasteiger partial charge is 0.340 e. The van der Waals surface area contributed by atoms with Crippen molar-refractivity contribution >= 4 is 17.7 Å². The van der Waals surface area contributed by atoms with E-state index in [0.29, 0.717) is 18.2 Å². The molecule has 144 valence electrons. The zero-order chi connectivity index (χ0) is 19.9. The van der Waals surface area contributed by atoms with Crippen molar-refractivity contribution < 1.29 is 4.79 Å². The quantitative estimate of drug-likeness (QED) is 0.432. The highest BCUT2D eigenvalue weighted by Crippen LogP contribution is 2.27. The number of nitrogens with zero attached hydrogens (tertiary/aromatic N) is 5. The van der Waals surface area contributed by atoms with E-state index in [2.05, 4.69) is 21.8 Å². The van der Waals surface area contributed by atoms with Crippen LogP contribution in [0.3, 0.4) is 0 Å². The normalized spacial score (nSPS) is 11.8. The fourth-order valence-electron chi connectivity index (χ4n) is 2.84. The van der Waals surface area contributed by atoms with Crippen LogP contribution in [0, 0.1) is 0 Å². The average molecular weight is 394 g/mol. The molecule has 6 nitrogen and oxygen atoms in total. The molecule has 1 amide bonds. The molecule has 0 aliphatic rings. The summed E-state index contributed by atoms with van der Waals surface area (Å²) >= 11 is 1.41. The van der Waals surface area contributed by atoms with Gasteiger partial charge in [-0.3, -0.25) is 14.3 Å². The van der Waals surface area contributed by atoms with Crippen LogP contribution in [0.4, 0.5) is 0 Å². The fourth-order valence-corrected chi connectivity index (χ4v) is 3.81. The number of hydrogen-bond acceptors (Lipinski definition) is 5. The third kappa shape index (κ3) is 4.67. The monoisotopic (exact) mass is 393 g/mol. The fraction of sp³-hybridized carbons (Fsp3) is 0.238. The molecule has 0 spiro atoms. The molecule has 3 rings (SSSR count). The van der Waals surface area contributed by atoms with E-state index in [1.807, 2.05) is 61.0 Å². The third-order valence-corrected chi connectivity index (χ3v) is 5.30. The second kappa shape index (κ2) is 9.32. The van der Waals surface area contributed by atoms with Crippen LogP contribution >= 0.6 is 11.8 Å². The van der Waals surface area contributed by atoms with Crippen LogP contribution in [0.25, 0.3) is 11.4 Å². The van der Waals surface area contributed by atoms with Gasteiger partial charge in [-0.25, -0.2) is 0 Å². The van der Waals surface area contributed by atoms with Gasteiger partial charge in [0.25, 0.3) is 0 Å². The minimum absolute atomic E-state index is 0.0486. The first-order chi connectivity index (χ1) is 13.6. The Balaban J connectivity index is 1.74. The van der Waals surface area contributed by atoms with Crippen LogP contribution < -0.4 is 0 Å². The Morgan fingerprint density at radius 1 is 1.21 bits per heavy atom. The molecular formula is C21H23N5OS. The van der Waals surface area contributed by atoms with Gasteiger partial charge in [-0.2, -0.15) is 0 Å². The lowest BCUT2D eigenvalue weighted by Gasteiger charge is -2.21. The van der Waals surface area contributed by atoms with Gasteiger partial charge >= 0.3 is 0 Å². The summed E-state index contributed by atoms with van der Waals surface area (Å²) in [6, 6.07) is 13.7. The Morgan fingerprint density at radius 2 is 1.93 bits per heavy atom. The predicted octanol–water partition coefficient (Wildman–Crippen LogP) is 3.67. The van der Waals surface area contributed by atoms with Gasteiger partial charge in [-0.1, -0.05) is 48.2 Å². The van der Waals surface area contributed by atoms with Crippen molar-refractivity contribution in [2.24, 2.45) is 0 Å². The Kier molecular flexibility index (Phi) is 6.60. The summed E-state index contributed by atoms with van der Waals surface area (Å²) in [5, 5.41) is 9.05. The van der Waals surface area contributed by atoms with Crippen LogP contribution in [0.1, 0.15) is 12.5 Å². The number of allylic oxidation sites excluding steroid dienone is 1. The summed E-state index contributed by atoms with van der Waals surface area (Å²) in [5.74, 6) is 0.787. The Bertz CT molecular complexity index is 926. The lowest BCUT2D eigenvalue weighted by molar-refractivity contribution is -0.129. The summed E-state index contributed by atoms with van der Waals surface area (Å²) in [7, 11) is 1.82.